The van der Waals surface area contributed by atoms with Crippen LogP contribution >= 0.6 is 0 Å². The van der Waals surface area contributed by atoms with Crippen molar-refractivity contribution >= 4 is 5.97 Å². The summed E-state index contributed by atoms with van der Waals surface area (Å²) in [4.78, 5) is 11.6. The molecule has 1 unspecified atom stereocenters. The van der Waals surface area contributed by atoms with E-state index in [1.54, 1.807) is 0 Å². The molecular weight excluding hydrogens is 328 g/mol. The molecule has 0 aromatic carbocycles. The molecule has 4 nitrogen and oxygen atoms in total. The van der Waals surface area contributed by atoms with Crippen LogP contribution in [0.25, 0.3) is 0 Å². The molecule has 1 rings (SSSR count). The minimum Gasteiger partial charge on any atom is -0.463 e. The van der Waals surface area contributed by atoms with E-state index in [1.165, 1.54) is 70.6 Å². The van der Waals surface area contributed by atoms with E-state index < -0.39 is 0 Å². The Morgan fingerprint density at radius 1 is 0.923 bits per heavy atom. The highest BCUT2D eigenvalue weighted by molar-refractivity contribution is 5.69. The zero-order chi connectivity index (χ0) is 18.7. The summed E-state index contributed by atoms with van der Waals surface area (Å²) < 4.78 is 15.5. The summed E-state index contributed by atoms with van der Waals surface area (Å²) in [6.45, 7) is 3.43. The Hall–Kier alpha value is -0.870. The van der Waals surface area contributed by atoms with Crippen molar-refractivity contribution in [3.8, 4) is 0 Å². The minimum absolute atomic E-state index is 0.0759. The van der Waals surface area contributed by atoms with E-state index in [9.17, 15) is 4.79 Å². The van der Waals surface area contributed by atoms with Crippen molar-refractivity contribution in [3.05, 3.63) is 12.2 Å². The largest absolute Gasteiger partial charge is 0.463 e. The van der Waals surface area contributed by atoms with Crippen LogP contribution < -0.4 is 0 Å². The van der Waals surface area contributed by atoms with Crippen LogP contribution in [0.2, 0.25) is 0 Å². The van der Waals surface area contributed by atoms with Crippen molar-refractivity contribution < 1.29 is 19.0 Å². The Morgan fingerprint density at radius 3 is 2.15 bits per heavy atom. The molecule has 0 aliphatic carbocycles. The number of hydrogen-bond donors (Lipinski definition) is 0. The van der Waals surface area contributed by atoms with Crippen LogP contribution in [-0.4, -0.2) is 32.1 Å². The quantitative estimate of drug-likeness (QED) is 0.181. The number of ether oxygens (including phenoxy) is 3. The van der Waals surface area contributed by atoms with Gasteiger partial charge in [0.2, 0.25) is 0 Å². The van der Waals surface area contributed by atoms with Gasteiger partial charge in [0.15, 0.2) is 0 Å². The Morgan fingerprint density at radius 2 is 1.54 bits per heavy atom. The first-order valence-corrected chi connectivity index (χ1v) is 10.8. The molecule has 0 radical (unpaired) electrons. The van der Waals surface area contributed by atoms with Crippen molar-refractivity contribution in [1.82, 2.24) is 0 Å². The van der Waals surface area contributed by atoms with Crippen molar-refractivity contribution in [3.63, 3.8) is 0 Å². The lowest BCUT2D eigenvalue weighted by Gasteiger charge is -2.08. The van der Waals surface area contributed by atoms with Gasteiger partial charge in [-0.1, -0.05) is 70.4 Å². The zero-order valence-corrected chi connectivity index (χ0v) is 16.9. The highest BCUT2D eigenvalue weighted by atomic mass is 16.7. The fraction of sp³-hybridized carbons (Fsp3) is 0.864. The molecular formula is C22H40O4. The summed E-state index contributed by atoms with van der Waals surface area (Å²) in [6.07, 6.45) is 21.6. The van der Waals surface area contributed by atoms with Gasteiger partial charge >= 0.3 is 5.97 Å². The lowest BCUT2D eigenvalue weighted by molar-refractivity contribution is -0.146. The molecule has 0 amide bonds. The average molecular weight is 369 g/mol. The summed E-state index contributed by atoms with van der Waals surface area (Å²) in [5, 5.41) is 0. The molecule has 1 aliphatic heterocycles. The highest BCUT2D eigenvalue weighted by Gasteiger charge is 2.17. The zero-order valence-electron chi connectivity index (χ0n) is 16.9. The van der Waals surface area contributed by atoms with Crippen LogP contribution in [0, 0.1) is 0 Å². The molecule has 0 spiro atoms. The average Bonchev–Trinajstić information content (AvgIpc) is 3.17. The standard InChI is InChI=1S/C22H40O4/c1-2-3-4-5-6-7-8-9-10-11-12-13-14-15-16-17-22(23)25-19-21-18-24-20-26-21/h9-10,21H,2-8,11-20H2,1H3/b10-9-. The van der Waals surface area contributed by atoms with Crippen LogP contribution in [0.15, 0.2) is 12.2 Å². The number of esters is 1. The van der Waals surface area contributed by atoms with Crippen LogP contribution in [-0.2, 0) is 19.0 Å². The van der Waals surface area contributed by atoms with Gasteiger partial charge in [0.1, 0.15) is 19.5 Å². The summed E-state index contributed by atoms with van der Waals surface area (Å²) >= 11 is 0. The molecule has 1 saturated heterocycles. The number of rotatable bonds is 17. The minimum atomic E-state index is -0.113. The third-order valence-corrected chi connectivity index (χ3v) is 4.76. The van der Waals surface area contributed by atoms with Crippen molar-refractivity contribution in [2.45, 2.75) is 103 Å². The molecule has 0 N–H and O–H groups in total. The van der Waals surface area contributed by atoms with Gasteiger partial charge in [-0.05, 0) is 32.1 Å². The molecule has 26 heavy (non-hydrogen) atoms. The smallest absolute Gasteiger partial charge is 0.305 e. The molecule has 0 bridgehead atoms. The molecule has 4 heteroatoms. The van der Waals surface area contributed by atoms with Gasteiger partial charge in [-0.15, -0.1) is 0 Å². The monoisotopic (exact) mass is 368 g/mol. The number of carbonyl (C=O) groups excluding carboxylic acids is 1. The van der Waals surface area contributed by atoms with Crippen LogP contribution in [0.1, 0.15) is 96.8 Å². The lowest BCUT2D eigenvalue weighted by atomic mass is 10.1. The van der Waals surface area contributed by atoms with Crippen LogP contribution in [0.3, 0.4) is 0 Å². The van der Waals surface area contributed by atoms with E-state index in [0.29, 0.717) is 26.4 Å². The Bertz CT molecular complexity index is 348. The van der Waals surface area contributed by atoms with Crippen LogP contribution in [0.5, 0.6) is 0 Å². The maximum atomic E-state index is 11.6. The predicted molar refractivity (Wildman–Crippen MR) is 106 cm³/mol. The van der Waals surface area contributed by atoms with Gasteiger partial charge in [0.05, 0.1) is 6.61 Å². The third-order valence-electron chi connectivity index (χ3n) is 4.76. The normalized spacial score (nSPS) is 17.2. The first-order valence-electron chi connectivity index (χ1n) is 10.8. The second kappa shape index (κ2) is 17.5. The summed E-state index contributed by atoms with van der Waals surface area (Å²) in [6, 6.07) is 0. The molecule has 1 heterocycles. The molecule has 1 aliphatic rings. The fourth-order valence-electron chi connectivity index (χ4n) is 3.07. The maximum Gasteiger partial charge on any atom is 0.305 e. The van der Waals surface area contributed by atoms with Crippen LogP contribution in [0.4, 0.5) is 0 Å². The van der Waals surface area contributed by atoms with E-state index >= 15 is 0 Å². The fourth-order valence-corrected chi connectivity index (χ4v) is 3.07. The van der Waals surface area contributed by atoms with Crippen molar-refractivity contribution in [2.24, 2.45) is 0 Å². The summed E-state index contributed by atoms with van der Waals surface area (Å²) in [5.41, 5.74) is 0. The Kier molecular flexibility index (Phi) is 15.6. The number of hydrogen-bond acceptors (Lipinski definition) is 4. The molecule has 1 atom stereocenters. The second-order valence-corrected chi connectivity index (χ2v) is 7.29. The lowest BCUT2D eigenvalue weighted by Crippen LogP contribution is -2.20. The van der Waals surface area contributed by atoms with E-state index in [0.717, 1.165) is 12.8 Å². The third kappa shape index (κ3) is 14.3. The molecule has 1 fully saturated rings. The van der Waals surface area contributed by atoms with Gasteiger partial charge in [-0.2, -0.15) is 0 Å². The van der Waals surface area contributed by atoms with Crippen molar-refractivity contribution in [2.75, 3.05) is 20.0 Å². The first-order chi connectivity index (χ1) is 12.8. The Balaban J connectivity index is 1.76. The number of unbranched alkanes of at least 4 members (excludes halogenated alkanes) is 11. The number of carbonyl (C=O) groups is 1. The molecule has 0 aromatic heterocycles. The molecule has 0 aromatic rings. The topological polar surface area (TPSA) is 44.8 Å². The first kappa shape index (κ1) is 23.2. The number of allylic oxidation sites excluding steroid dienone is 2. The SMILES string of the molecule is CCCCCCCC/C=C\CCCCCCCC(=O)OCC1COCO1. The van der Waals surface area contributed by atoms with Gasteiger partial charge in [-0.25, -0.2) is 0 Å². The van der Waals surface area contributed by atoms with Gasteiger partial charge in [0, 0.05) is 6.42 Å². The highest BCUT2D eigenvalue weighted by Crippen LogP contribution is 2.10. The molecule has 152 valence electrons. The second-order valence-electron chi connectivity index (χ2n) is 7.29. The van der Waals surface area contributed by atoms with E-state index in [2.05, 4.69) is 19.1 Å². The van der Waals surface area contributed by atoms with E-state index in [-0.39, 0.29) is 12.1 Å². The van der Waals surface area contributed by atoms with E-state index in [4.69, 9.17) is 14.2 Å². The van der Waals surface area contributed by atoms with E-state index in [1.807, 2.05) is 0 Å². The van der Waals surface area contributed by atoms with Gasteiger partial charge in [-0.3, -0.25) is 4.79 Å². The molecule has 0 saturated carbocycles. The van der Waals surface area contributed by atoms with Crippen molar-refractivity contribution in [1.29, 1.82) is 0 Å². The van der Waals surface area contributed by atoms with Gasteiger partial charge in [0.25, 0.3) is 0 Å². The summed E-state index contributed by atoms with van der Waals surface area (Å²) in [5.74, 6) is -0.113. The maximum absolute atomic E-state index is 11.6. The Labute approximate surface area is 160 Å². The predicted octanol–water partition coefficient (Wildman–Crippen LogP) is 5.94. The van der Waals surface area contributed by atoms with Gasteiger partial charge < -0.3 is 14.2 Å². The summed E-state index contributed by atoms with van der Waals surface area (Å²) in [7, 11) is 0.